The van der Waals surface area contributed by atoms with Gasteiger partial charge in [-0.3, -0.25) is 0 Å². The van der Waals surface area contributed by atoms with Gasteiger partial charge < -0.3 is 19.5 Å². The number of ether oxygens (including phenoxy) is 3. The zero-order valence-corrected chi connectivity index (χ0v) is 13.1. The van der Waals surface area contributed by atoms with Crippen molar-refractivity contribution in [2.24, 2.45) is 0 Å². The van der Waals surface area contributed by atoms with Crippen molar-refractivity contribution in [2.45, 2.75) is 13.3 Å². The molecular formula is C16H21N3O3. The molecule has 2 aromatic rings. The third-order valence-corrected chi connectivity index (χ3v) is 3.01. The van der Waals surface area contributed by atoms with Crippen molar-refractivity contribution >= 4 is 5.82 Å². The standard InChI is InChI=1S/C16H21N3O3/c1-4-14-18-15(11-16(19-14)21-3)17-9-10-22-13-7-5-12(20-2)6-8-13/h5-8,11H,4,9-10H2,1-3H3,(H,17,18,19). The number of hydrogen-bond acceptors (Lipinski definition) is 6. The molecule has 0 saturated heterocycles. The molecule has 6 nitrogen and oxygen atoms in total. The Morgan fingerprint density at radius 1 is 1.00 bits per heavy atom. The Bertz CT molecular complexity index is 565. The normalized spacial score (nSPS) is 10.1. The predicted molar refractivity (Wildman–Crippen MR) is 84.9 cm³/mol. The average Bonchev–Trinajstić information content (AvgIpc) is 2.58. The van der Waals surface area contributed by atoms with Gasteiger partial charge in [-0.15, -0.1) is 0 Å². The van der Waals surface area contributed by atoms with E-state index in [9.17, 15) is 0 Å². The summed E-state index contributed by atoms with van der Waals surface area (Å²) in [6.45, 7) is 3.17. The molecular weight excluding hydrogens is 282 g/mol. The third kappa shape index (κ3) is 4.51. The molecule has 0 fully saturated rings. The van der Waals surface area contributed by atoms with Crippen LogP contribution in [0.5, 0.6) is 17.4 Å². The molecule has 0 spiro atoms. The van der Waals surface area contributed by atoms with Crippen LogP contribution in [0, 0.1) is 0 Å². The van der Waals surface area contributed by atoms with E-state index in [4.69, 9.17) is 14.2 Å². The van der Waals surface area contributed by atoms with Crippen LogP contribution in [-0.4, -0.2) is 37.3 Å². The van der Waals surface area contributed by atoms with Crippen LogP contribution in [0.1, 0.15) is 12.7 Å². The second-order valence-corrected chi connectivity index (χ2v) is 4.52. The van der Waals surface area contributed by atoms with Gasteiger partial charge in [0.05, 0.1) is 20.8 Å². The fourth-order valence-electron chi connectivity index (χ4n) is 1.85. The van der Waals surface area contributed by atoms with Crippen molar-refractivity contribution in [1.82, 2.24) is 9.97 Å². The number of hydrogen-bond donors (Lipinski definition) is 1. The van der Waals surface area contributed by atoms with Gasteiger partial charge in [-0.2, -0.15) is 4.98 Å². The second kappa shape index (κ2) is 8.07. The molecule has 1 aromatic carbocycles. The van der Waals surface area contributed by atoms with E-state index in [1.807, 2.05) is 31.2 Å². The summed E-state index contributed by atoms with van der Waals surface area (Å²) >= 11 is 0. The lowest BCUT2D eigenvalue weighted by atomic mass is 10.3. The van der Waals surface area contributed by atoms with E-state index in [2.05, 4.69) is 15.3 Å². The highest BCUT2D eigenvalue weighted by Crippen LogP contribution is 2.17. The maximum absolute atomic E-state index is 5.65. The summed E-state index contributed by atoms with van der Waals surface area (Å²) in [6.07, 6.45) is 0.758. The highest BCUT2D eigenvalue weighted by atomic mass is 16.5. The lowest BCUT2D eigenvalue weighted by Crippen LogP contribution is -2.13. The van der Waals surface area contributed by atoms with Crippen molar-refractivity contribution < 1.29 is 14.2 Å². The Balaban J connectivity index is 1.82. The summed E-state index contributed by atoms with van der Waals surface area (Å²) in [5.41, 5.74) is 0. The monoisotopic (exact) mass is 303 g/mol. The Morgan fingerprint density at radius 2 is 1.73 bits per heavy atom. The minimum atomic E-state index is 0.528. The second-order valence-electron chi connectivity index (χ2n) is 4.52. The van der Waals surface area contributed by atoms with E-state index >= 15 is 0 Å². The molecule has 0 amide bonds. The molecule has 2 rings (SSSR count). The van der Waals surface area contributed by atoms with Crippen molar-refractivity contribution in [3.05, 3.63) is 36.2 Å². The van der Waals surface area contributed by atoms with E-state index in [0.29, 0.717) is 19.0 Å². The molecule has 0 aliphatic rings. The SMILES string of the molecule is CCc1nc(NCCOc2ccc(OC)cc2)cc(OC)n1. The van der Waals surface area contributed by atoms with Gasteiger partial charge in [0.25, 0.3) is 0 Å². The first-order valence-electron chi connectivity index (χ1n) is 7.17. The molecule has 1 aromatic heterocycles. The van der Waals surface area contributed by atoms with Gasteiger partial charge in [0.1, 0.15) is 29.7 Å². The summed E-state index contributed by atoms with van der Waals surface area (Å²) in [5, 5.41) is 3.21. The van der Waals surface area contributed by atoms with Gasteiger partial charge in [-0.25, -0.2) is 4.98 Å². The Morgan fingerprint density at radius 3 is 2.36 bits per heavy atom. The van der Waals surface area contributed by atoms with E-state index in [1.54, 1.807) is 20.3 Å². The first kappa shape index (κ1) is 15.9. The van der Waals surface area contributed by atoms with Crippen LogP contribution in [-0.2, 0) is 6.42 Å². The summed E-state index contributed by atoms with van der Waals surface area (Å²) in [4.78, 5) is 8.64. The molecule has 0 aliphatic heterocycles. The predicted octanol–water partition coefficient (Wildman–Crippen LogP) is 2.55. The lowest BCUT2D eigenvalue weighted by molar-refractivity contribution is 0.331. The van der Waals surface area contributed by atoms with Gasteiger partial charge >= 0.3 is 0 Å². The molecule has 0 radical (unpaired) electrons. The van der Waals surface area contributed by atoms with Gasteiger partial charge in [0, 0.05) is 12.5 Å². The minimum Gasteiger partial charge on any atom is -0.497 e. The maximum atomic E-state index is 5.65. The van der Waals surface area contributed by atoms with E-state index < -0.39 is 0 Å². The van der Waals surface area contributed by atoms with Crippen LogP contribution in [0.15, 0.2) is 30.3 Å². The van der Waals surface area contributed by atoms with Gasteiger partial charge in [-0.05, 0) is 24.3 Å². The van der Waals surface area contributed by atoms with Crippen molar-refractivity contribution in [3.63, 3.8) is 0 Å². The molecule has 118 valence electrons. The molecule has 0 saturated carbocycles. The first-order valence-corrected chi connectivity index (χ1v) is 7.17. The average molecular weight is 303 g/mol. The Hall–Kier alpha value is -2.50. The molecule has 0 bridgehead atoms. The Kier molecular flexibility index (Phi) is 5.82. The highest BCUT2D eigenvalue weighted by molar-refractivity contribution is 5.38. The number of nitrogens with one attached hydrogen (secondary N) is 1. The third-order valence-electron chi connectivity index (χ3n) is 3.01. The van der Waals surface area contributed by atoms with Crippen LogP contribution in [0.2, 0.25) is 0 Å². The van der Waals surface area contributed by atoms with Gasteiger partial charge in [-0.1, -0.05) is 6.92 Å². The minimum absolute atomic E-state index is 0.528. The molecule has 0 aliphatic carbocycles. The number of aryl methyl sites for hydroxylation is 1. The molecule has 22 heavy (non-hydrogen) atoms. The summed E-state index contributed by atoms with van der Waals surface area (Å²) in [6, 6.07) is 9.26. The van der Waals surface area contributed by atoms with Crippen LogP contribution < -0.4 is 19.5 Å². The molecule has 1 N–H and O–H groups in total. The number of rotatable bonds is 8. The molecule has 0 atom stereocenters. The number of methoxy groups -OCH3 is 2. The number of benzene rings is 1. The Labute approximate surface area is 130 Å². The quantitative estimate of drug-likeness (QED) is 0.756. The summed E-state index contributed by atoms with van der Waals surface area (Å²) in [7, 11) is 3.23. The van der Waals surface area contributed by atoms with E-state index in [1.165, 1.54) is 0 Å². The van der Waals surface area contributed by atoms with Gasteiger partial charge in [0.2, 0.25) is 5.88 Å². The zero-order valence-electron chi connectivity index (χ0n) is 13.1. The fraction of sp³-hybridized carbons (Fsp3) is 0.375. The van der Waals surface area contributed by atoms with Crippen LogP contribution in [0.3, 0.4) is 0 Å². The highest BCUT2D eigenvalue weighted by Gasteiger charge is 2.03. The molecule has 0 unspecified atom stereocenters. The fourth-order valence-corrected chi connectivity index (χ4v) is 1.85. The van der Waals surface area contributed by atoms with Gasteiger partial charge in [0.15, 0.2) is 0 Å². The summed E-state index contributed by atoms with van der Waals surface area (Å²) in [5.74, 6) is 3.66. The van der Waals surface area contributed by atoms with Crippen molar-refractivity contribution in [2.75, 3.05) is 32.7 Å². The smallest absolute Gasteiger partial charge is 0.218 e. The van der Waals surface area contributed by atoms with Crippen molar-refractivity contribution in [1.29, 1.82) is 0 Å². The first-order chi connectivity index (χ1) is 10.7. The summed E-state index contributed by atoms with van der Waals surface area (Å²) < 4.78 is 15.9. The molecule has 6 heteroatoms. The zero-order chi connectivity index (χ0) is 15.8. The van der Waals surface area contributed by atoms with E-state index in [0.717, 1.165) is 29.6 Å². The number of aromatic nitrogens is 2. The number of nitrogens with zero attached hydrogens (tertiary/aromatic N) is 2. The largest absolute Gasteiger partial charge is 0.497 e. The number of anilines is 1. The van der Waals surface area contributed by atoms with E-state index in [-0.39, 0.29) is 0 Å². The van der Waals surface area contributed by atoms with Crippen LogP contribution in [0.25, 0.3) is 0 Å². The topological polar surface area (TPSA) is 65.5 Å². The molecule has 1 heterocycles. The van der Waals surface area contributed by atoms with Crippen molar-refractivity contribution in [3.8, 4) is 17.4 Å². The lowest BCUT2D eigenvalue weighted by Gasteiger charge is -2.10. The van der Waals surface area contributed by atoms with Crippen LogP contribution in [0.4, 0.5) is 5.82 Å². The maximum Gasteiger partial charge on any atom is 0.218 e. The van der Waals surface area contributed by atoms with Crippen LogP contribution >= 0.6 is 0 Å².